The predicted molar refractivity (Wildman–Crippen MR) is 144 cm³/mol. The zero-order valence-electron chi connectivity index (χ0n) is 21.0. The lowest BCUT2D eigenvalue weighted by atomic mass is 10.1. The van der Waals surface area contributed by atoms with Crippen molar-refractivity contribution in [1.82, 2.24) is 10.2 Å². The highest BCUT2D eigenvalue weighted by atomic mass is 35.5. The van der Waals surface area contributed by atoms with Gasteiger partial charge < -0.3 is 15.0 Å². The number of hydrogen-bond donors (Lipinski definition) is 1. The Morgan fingerprint density at radius 3 is 2.39 bits per heavy atom. The molecule has 0 saturated heterocycles. The van der Waals surface area contributed by atoms with Crippen LogP contribution in [0.1, 0.15) is 38.7 Å². The highest BCUT2D eigenvalue weighted by molar-refractivity contribution is 7.92. The number of ether oxygens (including phenoxy) is 1. The molecule has 0 aliphatic rings. The predicted octanol–water partition coefficient (Wildman–Crippen LogP) is 4.49. The summed E-state index contributed by atoms with van der Waals surface area (Å²) in [5.41, 5.74) is 1.07. The van der Waals surface area contributed by atoms with Gasteiger partial charge in [-0.05, 0) is 49.6 Å². The number of nitrogens with one attached hydrogen (secondary N) is 1. The van der Waals surface area contributed by atoms with Gasteiger partial charge in [0.2, 0.25) is 21.8 Å². The molecule has 1 atom stereocenters. The average molecular weight is 559 g/mol. The zero-order chi connectivity index (χ0) is 26.9. The molecular weight excluding hydrogens is 525 g/mol. The van der Waals surface area contributed by atoms with Gasteiger partial charge in [0.25, 0.3) is 0 Å². The molecule has 0 heterocycles. The molecule has 1 N–H and O–H groups in total. The van der Waals surface area contributed by atoms with Crippen molar-refractivity contribution in [3.05, 3.63) is 58.1 Å². The molecule has 0 aliphatic carbocycles. The summed E-state index contributed by atoms with van der Waals surface area (Å²) in [7, 11) is -2.12. The van der Waals surface area contributed by atoms with Gasteiger partial charge in [0.15, 0.2) is 0 Å². The van der Waals surface area contributed by atoms with Gasteiger partial charge in [0, 0.05) is 36.6 Å². The molecule has 0 bridgehead atoms. The number of sulfonamides is 1. The molecule has 0 radical (unpaired) electrons. The summed E-state index contributed by atoms with van der Waals surface area (Å²) in [6, 6.07) is 11.1. The van der Waals surface area contributed by atoms with E-state index in [1.165, 1.54) is 16.3 Å². The SMILES string of the molecule is CCOc1ccccc1N(CCCC(=O)N(Cc1ccc(Cl)cc1Cl)[C@@H](CC)C(=O)NC)S(C)(=O)=O. The van der Waals surface area contributed by atoms with E-state index in [2.05, 4.69) is 5.32 Å². The Hall–Kier alpha value is -2.49. The number of amides is 2. The van der Waals surface area contributed by atoms with E-state index in [-0.39, 0.29) is 37.7 Å². The molecule has 0 aliphatic heterocycles. The largest absolute Gasteiger partial charge is 0.492 e. The van der Waals surface area contributed by atoms with Crippen LogP contribution in [-0.2, 0) is 26.2 Å². The average Bonchev–Trinajstić information content (AvgIpc) is 2.82. The Morgan fingerprint density at radius 2 is 1.81 bits per heavy atom. The van der Waals surface area contributed by atoms with Crippen LogP contribution < -0.4 is 14.4 Å². The van der Waals surface area contributed by atoms with Crippen LogP contribution in [-0.4, -0.2) is 57.6 Å². The summed E-state index contributed by atoms with van der Waals surface area (Å²) < 4.78 is 32.0. The minimum atomic E-state index is -3.64. The fourth-order valence-corrected chi connectivity index (χ4v) is 5.28. The number of rotatable bonds is 13. The third-order valence-electron chi connectivity index (χ3n) is 5.57. The summed E-state index contributed by atoms with van der Waals surface area (Å²) in [6.45, 7) is 4.20. The lowest BCUT2D eigenvalue weighted by Crippen LogP contribution is -2.48. The van der Waals surface area contributed by atoms with E-state index >= 15 is 0 Å². The van der Waals surface area contributed by atoms with Crippen molar-refractivity contribution in [2.45, 2.75) is 45.7 Å². The third kappa shape index (κ3) is 8.01. The highest BCUT2D eigenvalue weighted by Crippen LogP contribution is 2.30. The molecule has 0 aromatic heterocycles. The highest BCUT2D eigenvalue weighted by Gasteiger charge is 2.29. The Morgan fingerprint density at radius 1 is 1.11 bits per heavy atom. The first-order valence-corrected chi connectivity index (χ1v) is 14.3. The van der Waals surface area contributed by atoms with Gasteiger partial charge in [0.1, 0.15) is 11.8 Å². The van der Waals surface area contributed by atoms with Gasteiger partial charge in [0.05, 0.1) is 18.6 Å². The van der Waals surface area contributed by atoms with Crippen molar-refractivity contribution in [2.75, 3.05) is 30.8 Å². The van der Waals surface area contributed by atoms with Gasteiger partial charge in [-0.1, -0.05) is 48.3 Å². The van der Waals surface area contributed by atoms with Gasteiger partial charge in [-0.15, -0.1) is 0 Å². The quantitative estimate of drug-likeness (QED) is 0.391. The molecule has 2 aromatic carbocycles. The number of para-hydroxylation sites is 2. The molecule has 2 aromatic rings. The van der Waals surface area contributed by atoms with E-state index in [4.69, 9.17) is 27.9 Å². The normalized spacial score (nSPS) is 12.1. The maximum Gasteiger partial charge on any atom is 0.242 e. The maximum atomic E-state index is 13.4. The van der Waals surface area contributed by atoms with Gasteiger partial charge >= 0.3 is 0 Å². The molecule has 0 saturated carbocycles. The summed E-state index contributed by atoms with van der Waals surface area (Å²) >= 11 is 12.3. The summed E-state index contributed by atoms with van der Waals surface area (Å²) in [6.07, 6.45) is 1.78. The number of carbonyl (C=O) groups is 2. The zero-order valence-corrected chi connectivity index (χ0v) is 23.3. The molecular formula is C25H33Cl2N3O5S. The second-order valence-corrected chi connectivity index (χ2v) is 10.9. The topological polar surface area (TPSA) is 96.0 Å². The lowest BCUT2D eigenvalue weighted by Gasteiger charge is -2.31. The first-order chi connectivity index (χ1) is 17.0. The molecule has 198 valence electrons. The number of carbonyl (C=O) groups excluding carboxylic acids is 2. The van der Waals surface area contributed by atoms with Crippen LogP contribution >= 0.6 is 23.2 Å². The molecule has 0 unspecified atom stereocenters. The third-order valence-corrected chi connectivity index (χ3v) is 7.34. The number of anilines is 1. The van der Waals surface area contributed by atoms with Crippen molar-refractivity contribution in [3.8, 4) is 5.75 Å². The monoisotopic (exact) mass is 557 g/mol. The van der Waals surface area contributed by atoms with Crippen molar-refractivity contribution < 1.29 is 22.7 Å². The van der Waals surface area contributed by atoms with Gasteiger partial charge in [-0.2, -0.15) is 0 Å². The molecule has 2 rings (SSSR count). The smallest absolute Gasteiger partial charge is 0.242 e. The van der Waals surface area contributed by atoms with E-state index in [0.29, 0.717) is 40.1 Å². The van der Waals surface area contributed by atoms with E-state index in [0.717, 1.165) is 6.26 Å². The van der Waals surface area contributed by atoms with E-state index in [9.17, 15) is 18.0 Å². The first kappa shape index (κ1) is 29.7. The van der Waals surface area contributed by atoms with Crippen molar-refractivity contribution in [1.29, 1.82) is 0 Å². The minimum Gasteiger partial charge on any atom is -0.492 e. The van der Waals surface area contributed by atoms with Crippen molar-refractivity contribution in [2.24, 2.45) is 0 Å². The van der Waals surface area contributed by atoms with Crippen molar-refractivity contribution in [3.63, 3.8) is 0 Å². The van der Waals surface area contributed by atoms with Crippen LogP contribution in [0.15, 0.2) is 42.5 Å². The fraction of sp³-hybridized carbons (Fsp3) is 0.440. The molecule has 11 heteroatoms. The molecule has 0 fully saturated rings. The number of hydrogen-bond acceptors (Lipinski definition) is 5. The Labute approximate surface area is 223 Å². The van der Waals surface area contributed by atoms with E-state index in [1.807, 2.05) is 13.8 Å². The number of halogens is 2. The van der Waals surface area contributed by atoms with Gasteiger partial charge in [-0.25, -0.2) is 8.42 Å². The standard InChI is InChI=1S/C25H33Cl2N3O5S/c1-5-21(25(32)28-3)29(17-18-13-14-19(26)16-20(18)27)24(31)12-9-15-30(36(4,33)34)22-10-7-8-11-23(22)35-6-2/h7-8,10-11,13-14,16,21H,5-6,9,12,15,17H2,1-4H3,(H,28,32)/t21-/m0/s1. The summed E-state index contributed by atoms with van der Waals surface area (Å²) in [5.74, 6) is -0.135. The van der Waals surface area contributed by atoms with Crippen molar-refractivity contribution >= 4 is 50.7 Å². The second-order valence-electron chi connectivity index (χ2n) is 8.14. The minimum absolute atomic E-state index is 0.0293. The van der Waals surface area contributed by atoms with Gasteiger partial charge in [-0.3, -0.25) is 13.9 Å². The number of likely N-dealkylation sites (N-methyl/N-ethyl adjacent to an activating group) is 1. The van der Waals surface area contributed by atoms with Crippen LogP contribution in [0, 0.1) is 0 Å². The molecule has 2 amide bonds. The molecule has 36 heavy (non-hydrogen) atoms. The first-order valence-electron chi connectivity index (χ1n) is 11.7. The second kappa shape index (κ2) is 13.7. The van der Waals surface area contributed by atoms with Crippen LogP contribution in [0.3, 0.4) is 0 Å². The van der Waals surface area contributed by atoms with Crippen LogP contribution in [0.2, 0.25) is 10.0 Å². The lowest BCUT2D eigenvalue weighted by molar-refractivity contribution is -0.141. The maximum absolute atomic E-state index is 13.4. The number of nitrogens with zero attached hydrogens (tertiary/aromatic N) is 2. The number of benzene rings is 2. The summed E-state index contributed by atoms with van der Waals surface area (Å²) in [5, 5.41) is 3.46. The summed E-state index contributed by atoms with van der Waals surface area (Å²) in [4.78, 5) is 27.4. The van der Waals surface area contributed by atoms with Crippen LogP contribution in [0.25, 0.3) is 0 Å². The molecule has 0 spiro atoms. The van der Waals surface area contributed by atoms with Crippen LogP contribution in [0.4, 0.5) is 5.69 Å². The van der Waals surface area contributed by atoms with E-state index < -0.39 is 16.1 Å². The fourth-order valence-electron chi connectivity index (χ4n) is 3.84. The Balaban J connectivity index is 2.26. The Kier molecular flexibility index (Phi) is 11.3. The Bertz CT molecular complexity index is 1160. The molecule has 8 nitrogen and oxygen atoms in total. The van der Waals surface area contributed by atoms with E-state index in [1.54, 1.807) is 42.5 Å². The van der Waals surface area contributed by atoms with Crippen LogP contribution in [0.5, 0.6) is 5.75 Å².